The zero-order valence-corrected chi connectivity index (χ0v) is 11.7. The minimum absolute atomic E-state index is 0.104. The largest absolute Gasteiger partial charge is 0.503 e. The van der Waals surface area contributed by atoms with E-state index in [1.54, 1.807) is 24.3 Å². The zero-order chi connectivity index (χ0) is 15.1. The number of hydrogen-bond donors (Lipinski definition) is 1. The first-order valence-corrected chi connectivity index (χ1v) is 6.44. The topological polar surface area (TPSA) is 55.8 Å². The first-order chi connectivity index (χ1) is 10.2. The van der Waals surface area contributed by atoms with Gasteiger partial charge in [-0.25, -0.2) is 4.79 Å². The maximum Gasteiger partial charge on any atom is 0.339 e. The van der Waals surface area contributed by atoms with Crippen LogP contribution in [-0.4, -0.2) is 18.2 Å². The van der Waals surface area contributed by atoms with Gasteiger partial charge < -0.3 is 14.6 Å². The third-order valence-corrected chi connectivity index (χ3v) is 2.88. The summed E-state index contributed by atoms with van der Waals surface area (Å²) < 4.78 is 10.4. The van der Waals surface area contributed by atoms with Gasteiger partial charge in [-0.2, -0.15) is 0 Å². The van der Waals surface area contributed by atoms with Crippen molar-refractivity contribution in [3.63, 3.8) is 0 Å². The molecule has 0 unspecified atom stereocenters. The van der Waals surface area contributed by atoms with E-state index in [4.69, 9.17) is 14.6 Å². The van der Waals surface area contributed by atoms with Gasteiger partial charge in [-0.15, -0.1) is 0 Å². The van der Waals surface area contributed by atoms with Crippen molar-refractivity contribution in [3.8, 4) is 5.75 Å². The molecular weight excluding hydrogens is 268 g/mol. The van der Waals surface area contributed by atoms with Crippen molar-refractivity contribution in [2.75, 3.05) is 7.11 Å². The molecule has 0 bridgehead atoms. The van der Waals surface area contributed by atoms with Gasteiger partial charge in [0.15, 0.2) is 0 Å². The van der Waals surface area contributed by atoms with Crippen LogP contribution < -0.4 is 4.74 Å². The van der Waals surface area contributed by atoms with E-state index in [-0.39, 0.29) is 5.57 Å². The standard InChI is InChI=1S/C17H16O4/c1-20-12-16(17(18)19)14-7-9-15(10-8-14)21-11-13-5-3-2-4-6-13/h2-10,12H,11H2,1H3,(H,18,19)/b16-12-. The van der Waals surface area contributed by atoms with Crippen molar-refractivity contribution in [3.05, 3.63) is 72.0 Å². The molecule has 108 valence electrons. The molecule has 0 saturated heterocycles. The van der Waals surface area contributed by atoms with Crippen molar-refractivity contribution >= 4 is 11.5 Å². The van der Waals surface area contributed by atoms with Gasteiger partial charge in [-0.1, -0.05) is 42.5 Å². The molecule has 0 aromatic heterocycles. The lowest BCUT2D eigenvalue weighted by atomic mass is 10.1. The Morgan fingerprint density at radius 3 is 2.33 bits per heavy atom. The fourth-order valence-electron chi connectivity index (χ4n) is 1.83. The number of ether oxygens (including phenoxy) is 2. The van der Waals surface area contributed by atoms with Crippen molar-refractivity contribution < 1.29 is 19.4 Å². The van der Waals surface area contributed by atoms with E-state index < -0.39 is 5.97 Å². The molecule has 0 radical (unpaired) electrons. The van der Waals surface area contributed by atoms with Gasteiger partial charge in [0.2, 0.25) is 0 Å². The molecule has 2 rings (SSSR count). The van der Waals surface area contributed by atoms with Gasteiger partial charge in [0.05, 0.1) is 13.4 Å². The molecule has 0 heterocycles. The van der Waals surface area contributed by atoms with Gasteiger partial charge in [0, 0.05) is 0 Å². The molecule has 0 fully saturated rings. The molecule has 0 aliphatic rings. The Morgan fingerprint density at radius 1 is 1.10 bits per heavy atom. The number of carboxylic acid groups (broad SMARTS) is 1. The van der Waals surface area contributed by atoms with Crippen LogP contribution in [0.25, 0.3) is 5.57 Å². The molecule has 1 N–H and O–H groups in total. The second-order valence-electron chi connectivity index (χ2n) is 4.37. The number of carboxylic acids is 1. The van der Waals surface area contributed by atoms with E-state index >= 15 is 0 Å². The maximum absolute atomic E-state index is 11.1. The predicted octanol–water partition coefficient (Wildman–Crippen LogP) is 3.34. The summed E-state index contributed by atoms with van der Waals surface area (Å²) >= 11 is 0. The highest BCUT2D eigenvalue weighted by molar-refractivity contribution is 6.15. The van der Waals surface area contributed by atoms with Crippen molar-refractivity contribution in [2.24, 2.45) is 0 Å². The lowest BCUT2D eigenvalue weighted by molar-refractivity contribution is -0.130. The number of benzene rings is 2. The van der Waals surface area contributed by atoms with E-state index in [0.29, 0.717) is 17.9 Å². The molecule has 0 amide bonds. The van der Waals surface area contributed by atoms with Gasteiger partial charge in [0.25, 0.3) is 0 Å². The minimum Gasteiger partial charge on any atom is -0.503 e. The molecule has 0 atom stereocenters. The van der Waals surface area contributed by atoms with Crippen LogP contribution in [-0.2, 0) is 16.1 Å². The lowest BCUT2D eigenvalue weighted by Gasteiger charge is -2.08. The summed E-state index contributed by atoms with van der Waals surface area (Å²) in [5.41, 5.74) is 1.75. The Bertz CT molecular complexity index is 615. The first-order valence-electron chi connectivity index (χ1n) is 6.44. The maximum atomic E-state index is 11.1. The van der Waals surface area contributed by atoms with E-state index in [1.807, 2.05) is 30.3 Å². The fraction of sp³-hybridized carbons (Fsp3) is 0.118. The molecule has 21 heavy (non-hydrogen) atoms. The third-order valence-electron chi connectivity index (χ3n) is 2.88. The van der Waals surface area contributed by atoms with E-state index in [2.05, 4.69) is 0 Å². The molecule has 0 aliphatic carbocycles. The number of carbonyl (C=O) groups is 1. The quantitative estimate of drug-likeness (QED) is 0.653. The van der Waals surface area contributed by atoms with E-state index in [9.17, 15) is 4.79 Å². The van der Waals surface area contributed by atoms with Crippen LogP contribution in [0.5, 0.6) is 5.75 Å². The van der Waals surface area contributed by atoms with Gasteiger partial charge in [0.1, 0.15) is 17.9 Å². The highest BCUT2D eigenvalue weighted by Crippen LogP contribution is 2.20. The number of rotatable bonds is 6. The van der Waals surface area contributed by atoms with E-state index in [0.717, 1.165) is 5.56 Å². The molecule has 0 aliphatic heterocycles. The second-order valence-corrected chi connectivity index (χ2v) is 4.37. The van der Waals surface area contributed by atoms with Crippen molar-refractivity contribution in [2.45, 2.75) is 6.61 Å². The third kappa shape index (κ3) is 4.11. The van der Waals surface area contributed by atoms with Gasteiger partial charge in [-0.05, 0) is 23.3 Å². The number of hydrogen-bond acceptors (Lipinski definition) is 3. The fourth-order valence-corrected chi connectivity index (χ4v) is 1.83. The van der Waals surface area contributed by atoms with Crippen LogP contribution in [0.3, 0.4) is 0 Å². The van der Waals surface area contributed by atoms with Crippen molar-refractivity contribution in [1.29, 1.82) is 0 Å². The molecule has 4 heteroatoms. The highest BCUT2D eigenvalue weighted by atomic mass is 16.5. The van der Waals surface area contributed by atoms with Crippen LogP contribution >= 0.6 is 0 Å². The van der Waals surface area contributed by atoms with Gasteiger partial charge in [-0.3, -0.25) is 0 Å². The minimum atomic E-state index is -1.03. The highest BCUT2D eigenvalue weighted by Gasteiger charge is 2.10. The van der Waals surface area contributed by atoms with Crippen molar-refractivity contribution in [1.82, 2.24) is 0 Å². The average Bonchev–Trinajstić information content (AvgIpc) is 2.52. The summed E-state index contributed by atoms with van der Waals surface area (Å²) in [6.07, 6.45) is 1.21. The Hall–Kier alpha value is -2.75. The summed E-state index contributed by atoms with van der Waals surface area (Å²) in [4.78, 5) is 11.1. The molecule has 2 aromatic carbocycles. The molecule has 0 saturated carbocycles. The second kappa shape index (κ2) is 7.14. The summed E-state index contributed by atoms with van der Waals surface area (Å²) in [6, 6.07) is 16.7. The molecular formula is C17H16O4. The molecule has 2 aromatic rings. The van der Waals surface area contributed by atoms with Crippen LogP contribution in [0, 0.1) is 0 Å². The Labute approximate surface area is 123 Å². The van der Waals surface area contributed by atoms with Crippen LogP contribution in [0.2, 0.25) is 0 Å². The monoisotopic (exact) mass is 284 g/mol. The van der Waals surface area contributed by atoms with Gasteiger partial charge >= 0.3 is 5.97 Å². The van der Waals surface area contributed by atoms with Crippen LogP contribution in [0.4, 0.5) is 0 Å². The predicted molar refractivity (Wildman–Crippen MR) is 79.8 cm³/mol. The Balaban J connectivity index is 2.05. The molecule has 0 spiro atoms. The molecule has 4 nitrogen and oxygen atoms in total. The SMILES string of the molecule is CO/C=C(\C(=O)O)c1ccc(OCc2ccccc2)cc1. The zero-order valence-electron chi connectivity index (χ0n) is 11.7. The Kier molecular flexibility index (Phi) is 4.99. The lowest BCUT2D eigenvalue weighted by Crippen LogP contribution is -2.00. The first kappa shape index (κ1) is 14.7. The number of methoxy groups -OCH3 is 1. The summed E-state index contributed by atoms with van der Waals surface area (Å²) in [7, 11) is 1.42. The van der Waals surface area contributed by atoms with Crippen LogP contribution in [0.15, 0.2) is 60.9 Å². The van der Waals surface area contributed by atoms with Crippen LogP contribution in [0.1, 0.15) is 11.1 Å². The Morgan fingerprint density at radius 2 is 1.76 bits per heavy atom. The van der Waals surface area contributed by atoms with E-state index in [1.165, 1.54) is 13.4 Å². The average molecular weight is 284 g/mol. The smallest absolute Gasteiger partial charge is 0.339 e. The summed E-state index contributed by atoms with van der Waals surface area (Å²) in [5, 5.41) is 9.10. The number of aliphatic carboxylic acids is 1. The summed E-state index contributed by atoms with van der Waals surface area (Å²) in [5.74, 6) is -0.348. The summed E-state index contributed by atoms with van der Waals surface area (Å²) in [6.45, 7) is 0.472. The normalized spacial score (nSPS) is 11.0.